The van der Waals surface area contributed by atoms with E-state index in [1.54, 1.807) is 11.9 Å². The van der Waals surface area contributed by atoms with E-state index in [1.165, 1.54) is 11.3 Å². The Morgan fingerprint density at radius 3 is 2.67 bits per heavy atom. The van der Waals surface area contributed by atoms with Gasteiger partial charge in [-0.25, -0.2) is 4.98 Å². The molecule has 0 fully saturated rings. The van der Waals surface area contributed by atoms with Crippen LogP contribution >= 0.6 is 11.3 Å². The Morgan fingerprint density at radius 1 is 1.50 bits per heavy atom. The predicted octanol–water partition coefficient (Wildman–Crippen LogP) is 1.83. The van der Waals surface area contributed by atoms with Crippen LogP contribution in [0.4, 0.5) is 10.9 Å². The molecule has 100 valence electrons. The molecule has 2 N–H and O–H groups in total. The molecular formula is C12H20N4OS. The van der Waals surface area contributed by atoms with E-state index >= 15 is 0 Å². The summed E-state index contributed by atoms with van der Waals surface area (Å²) in [6.07, 6.45) is 3.66. The monoisotopic (exact) mass is 268 g/mol. The number of allylic oxidation sites excluding steroid dienone is 1. The summed E-state index contributed by atoms with van der Waals surface area (Å²) < 4.78 is 0. The zero-order valence-corrected chi connectivity index (χ0v) is 12.0. The van der Waals surface area contributed by atoms with Crippen molar-refractivity contribution in [3.63, 3.8) is 0 Å². The lowest BCUT2D eigenvalue weighted by molar-refractivity contribution is 0.0799. The van der Waals surface area contributed by atoms with Crippen LogP contribution in [-0.2, 0) is 0 Å². The molecule has 0 aromatic carbocycles. The number of hydrogen-bond acceptors (Lipinski definition) is 5. The molecule has 0 atom stereocenters. The molecule has 0 aliphatic heterocycles. The second-order valence-corrected chi connectivity index (χ2v) is 5.24. The maximum Gasteiger partial charge on any atom is 0.267 e. The van der Waals surface area contributed by atoms with E-state index in [-0.39, 0.29) is 5.91 Å². The first-order valence-electron chi connectivity index (χ1n) is 5.77. The van der Waals surface area contributed by atoms with Gasteiger partial charge in [0.25, 0.3) is 5.91 Å². The summed E-state index contributed by atoms with van der Waals surface area (Å²) in [6, 6.07) is 0. The van der Waals surface area contributed by atoms with Gasteiger partial charge in [0.15, 0.2) is 5.13 Å². The molecule has 1 aromatic heterocycles. The number of nitrogen functional groups attached to an aromatic ring is 1. The van der Waals surface area contributed by atoms with Crippen molar-refractivity contribution >= 4 is 28.2 Å². The third-order valence-corrected chi connectivity index (χ3v) is 3.69. The number of carbonyl (C=O) groups is 1. The fourth-order valence-electron chi connectivity index (χ4n) is 1.41. The normalized spacial score (nSPS) is 10.2. The third-order valence-electron chi connectivity index (χ3n) is 2.47. The van der Waals surface area contributed by atoms with E-state index in [4.69, 9.17) is 5.73 Å². The molecule has 0 spiro atoms. The number of nitrogens with two attached hydrogens (primary N) is 1. The van der Waals surface area contributed by atoms with E-state index in [0.717, 1.165) is 18.0 Å². The lowest BCUT2D eigenvalue weighted by atomic mass is 10.3. The van der Waals surface area contributed by atoms with Gasteiger partial charge in [-0.2, -0.15) is 0 Å². The van der Waals surface area contributed by atoms with Gasteiger partial charge in [-0.15, -0.1) is 6.58 Å². The van der Waals surface area contributed by atoms with E-state index in [1.807, 2.05) is 25.1 Å². The molecule has 6 heteroatoms. The zero-order chi connectivity index (χ0) is 13.7. The molecule has 0 radical (unpaired) electrons. The van der Waals surface area contributed by atoms with Gasteiger partial charge < -0.3 is 15.5 Å². The zero-order valence-electron chi connectivity index (χ0n) is 11.1. The molecule has 0 aliphatic carbocycles. The Kier molecular flexibility index (Phi) is 5.15. The summed E-state index contributed by atoms with van der Waals surface area (Å²) in [4.78, 5) is 20.4. The Labute approximate surface area is 112 Å². The van der Waals surface area contributed by atoms with E-state index in [2.05, 4.69) is 11.6 Å². The SMILES string of the molecule is C=CCCCN(C)C(=O)c1sc(N(C)C)nc1N. The van der Waals surface area contributed by atoms with Crippen LogP contribution in [0.1, 0.15) is 22.5 Å². The highest BCUT2D eigenvalue weighted by atomic mass is 32.1. The lowest BCUT2D eigenvalue weighted by Gasteiger charge is -2.15. The van der Waals surface area contributed by atoms with Gasteiger partial charge in [-0.05, 0) is 12.8 Å². The molecule has 1 heterocycles. The standard InChI is InChI=1S/C12H20N4OS/c1-5-6-7-8-16(4)11(17)9-10(13)14-12(18-9)15(2)3/h5H,1,6-8,13H2,2-4H3. The molecule has 1 rings (SSSR count). The van der Waals surface area contributed by atoms with Crippen molar-refractivity contribution < 1.29 is 4.79 Å². The molecule has 0 saturated carbocycles. The van der Waals surface area contributed by atoms with E-state index in [9.17, 15) is 4.79 Å². The largest absolute Gasteiger partial charge is 0.382 e. The first-order valence-corrected chi connectivity index (χ1v) is 6.59. The van der Waals surface area contributed by atoms with Crippen LogP contribution in [0.5, 0.6) is 0 Å². The maximum absolute atomic E-state index is 12.2. The number of unbranched alkanes of at least 4 members (excludes halogenated alkanes) is 1. The van der Waals surface area contributed by atoms with Crippen LogP contribution in [0.3, 0.4) is 0 Å². The molecular weight excluding hydrogens is 248 g/mol. The Balaban J connectivity index is 2.73. The average Bonchev–Trinajstić information content (AvgIpc) is 2.70. The van der Waals surface area contributed by atoms with Gasteiger partial charge in [-0.1, -0.05) is 17.4 Å². The maximum atomic E-state index is 12.2. The number of carbonyl (C=O) groups excluding carboxylic acids is 1. The smallest absolute Gasteiger partial charge is 0.267 e. The number of amides is 1. The van der Waals surface area contributed by atoms with Crippen LogP contribution in [0.25, 0.3) is 0 Å². The highest BCUT2D eigenvalue weighted by Crippen LogP contribution is 2.27. The van der Waals surface area contributed by atoms with Gasteiger partial charge in [0.05, 0.1) is 0 Å². The van der Waals surface area contributed by atoms with Crippen molar-refractivity contribution in [2.45, 2.75) is 12.8 Å². The number of aromatic nitrogens is 1. The van der Waals surface area contributed by atoms with Gasteiger partial charge in [-0.3, -0.25) is 4.79 Å². The Hall–Kier alpha value is -1.56. The summed E-state index contributed by atoms with van der Waals surface area (Å²) in [5, 5.41) is 0.746. The van der Waals surface area contributed by atoms with Crippen LogP contribution in [-0.4, -0.2) is 43.5 Å². The number of thiazole rings is 1. The fourth-order valence-corrected chi connectivity index (χ4v) is 2.31. The van der Waals surface area contributed by atoms with Gasteiger partial charge in [0.1, 0.15) is 10.7 Å². The summed E-state index contributed by atoms with van der Waals surface area (Å²) in [5.41, 5.74) is 5.78. The van der Waals surface area contributed by atoms with Crippen molar-refractivity contribution in [2.24, 2.45) is 0 Å². The number of nitrogens with zero attached hydrogens (tertiary/aromatic N) is 3. The van der Waals surface area contributed by atoms with Crippen LogP contribution in [0, 0.1) is 0 Å². The quantitative estimate of drug-likeness (QED) is 0.631. The van der Waals surface area contributed by atoms with Crippen molar-refractivity contribution in [3.8, 4) is 0 Å². The van der Waals surface area contributed by atoms with E-state index in [0.29, 0.717) is 17.2 Å². The van der Waals surface area contributed by atoms with Crippen molar-refractivity contribution in [1.29, 1.82) is 0 Å². The average molecular weight is 268 g/mol. The van der Waals surface area contributed by atoms with Crippen molar-refractivity contribution in [2.75, 3.05) is 38.3 Å². The molecule has 0 aliphatic rings. The highest BCUT2D eigenvalue weighted by molar-refractivity contribution is 7.18. The number of anilines is 2. The van der Waals surface area contributed by atoms with Crippen molar-refractivity contribution in [1.82, 2.24) is 9.88 Å². The van der Waals surface area contributed by atoms with Gasteiger partial charge in [0, 0.05) is 27.7 Å². The molecule has 5 nitrogen and oxygen atoms in total. The Bertz CT molecular complexity index is 428. The number of rotatable bonds is 6. The second-order valence-electron chi connectivity index (χ2n) is 4.26. The summed E-state index contributed by atoms with van der Waals surface area (Å²) >= 11 is 1.32. The van der Waals surface area contributed by atoms with Crippen molar-refractivity contribution in [3.05, 3.63) is 17.5 Å². The minimum absolute atomic E-state index is 0.0674. The first-order chi connectivity index (χ1) is 8.47. The van der Waals surface area contributed by atoms with Crippen LogP contribution in [0.15, 0.2) is 12.7 Å². The fraction of sp³-hybridized carbons (Fsp3) is 0.500. The third kappa shape index (κ3) is 3.46. The van der Waals surface area contributed by atoms with Gasteiger partial charge >= 0.3 is 0 Å². The summed E-state index contributed by atoms with van der Waals surface area (Å²) in [7, 11) is 5.53. The minimum atomic E-state index is -0.0674. The van der Waals surface area contributed by atoms with Gasteiger partial charge in [0.2, 0.25) is 0 Å². The van der Waals surface area contributed by atoms with E-state index < -0.39 is 0 Å². The Morgan fingerprint density at radius 2 is 2.17 bits per heavy atom. The second kappa shape index (κ2) is 6.39. The highest BCUT2D eigenvalue weighted by Gasteiger charge is 2.20. The summed E-state index contributed by atoms with van der Waals surface area (Å²) in [5.74, 6) is 0.242. The lowest BCUT2D eigenvalue weighted by Crippen LogP contribution is -2.27. The molecule has 18 heavy (non-hydrogen) atoms. The molecule has 0 saturated heterocycles. The minimum Gasteiger partial charge on any atom is -0.382 e. The van der Waals surface area contributed by atoms with Crippen LogP contribution < -0.4 is 10.6 Å². The summed E-state index contributed by atoms with van der Waals surface area (Å²) in [6.45, 7) is 4.35. The molecule has 1 amide bonds. The molecule has 1 aromatic rings. The topological polar surface area (TPSA) is 62.5 Å². The first kappa shape index (κ1) is 14.5. The molecule has 0 bridgehead atoms. The van der Waals surface area contributed by atoms with Crippen LogP contribution in [0.2, 0.25) is 0 Å². The predicted molar refractivity (Wildman–Crippen MR) is 77.2 cm³/mol. The number of hydrogen-bond donors (Lipinski definition) is 1. The molecule has 0 unspecified atom stereocenters.